The van der Waals surface area contributed by atoms with E-state index in [-0.39, 0.29) is 17.6 Å². The zero-order valence-electron chi connectivity index (χ0n) is 15.6. The molecule has 0 aliphatic heterocycles. The molecule has 2 amide bonds. The van der Waals surface area contributed by atoms with Crippen LogP contribution >= 0.6 is 0 Å². The number of Topliss-reactive ketones (excluding diaryl/α,β-unsaturated/α-hetero) is 1. The van der Waals surface area contributed by atoms with Gasteiger partial charge in [-0.2, -0.15) is 0 Å². The summed E-state index contributed by atoms with van der Waals surface area (Å²) in [5, 5.41) is 5.55. The Kier molecular flexibility index (Phi) is 4.72. The number of ketones is 1. The molecule has 0 fully saturated rings. The van der Waals surface area contributed by atoms with Crippen LogP contribution in [0.4, 0.5) is 11.4 Å². The first-order valence-corrected chi connectivity index (χ1v) is 8.34. The van der Waals surface area contributed by atoms with Gasteiger partial charge in [0.25, 0.3) is 11.8 Å². The summed E-state index contributed by atoms with van der Waals surface area (Å²) >= 11 is 0. The highest BCUT2D eigenvalue weighted by Gasteiger charge is 2.16. The normalized spacial score (nSPS) is 10.7. The first kappa shape index (κ1) is 18.2. The smallest absolute Gasteiger partial charge is 0.272 e. The summed E-state index contributed by atoms with van der Waals surface area (Å²) in [5.74, 6) is -0.672. The number of rotatable bonds is 5. The summed E-state index contributed by atoms with van der Waals surface area (Å²) in [6, 6.07) is 6.73. The third-order valence-electron chi connectivity index (χ3n) is 4.30. The predicted molar refractivity (Wildman–Crippen MR) is 102 cm³/mol. The van der Waals surface area contributed by atoms with E-state index in [4.69, 9.17) is 0 Å². The summed E-state index contributed by atoms with van der Waals surface area (Å²) in [6.45, 7) is 1.47. The van der Waals surface area contributed by atoms with Crippen LogP contribution in [0.3, 0.4) is 0 Å². The summed E-state index contributed by atoms with van der Waals surface area (Å²) < 4.78 is 5.01. The molecule has 0 saturated carbocycles. The Balaban J connectivity index is 1.75. The van der Waals surface area contributed by atoms with Crippen LogP contribution in [0.2, 0.25) is 0 Å². The van der Waals surface area contributed by atoms with E-state index in [1.807, 2.05) is 0 Å². The fourth-order valence-corrected chi connectivity index (χ4v) is 2.93. The molecule has 0 spiro atoms. The SMILES string of the molecule is CC(=O)c1cc(NC(=O)c2cc(NC(=O)c3cccn3C)cn2C)cn1C. The molecule has 0 saturated heterocycles. The number of aryl methyl sites for hydroxylation is 3. The Morgan fingerprint density at radius 1 is 0.778 bits per heavy atom. The maximum absolute atomic E-state index is 12.6. The minimum absolute atomic E-state index is 0.0810. The third-order valence-corrected chi connectivity index (χ3v) is 4.30. The van der Waals surface area contributed by atoms with Gasteiger partial charge in [-0.25, -0.2) is 0 Å². The molecule has 140 valence electrons. The number of hydrogen-bond acceptors (Lipinski definition) is 3. The number of nitrogens with zero attached hydrogens (tertiary/aromatic N) is 3. The molecule has 0 aliphatic rings. The van der Waals surface area contributed by atoms with E-state index in [1.165, 1.54) is 6.92 Å². The Morgan fingerprint density at radius 3 is 1.78 bits per heavy atom. The molecule has 0 aromatic carbocycles. The fourth-order valence-electron chi connectivity index (χ4n) is 2.93. The molecule has 3 aromatic heterocycles. The second-order valence-electron chi connectivity index (χ2n) is 6.42. The van der Waals surface area contributed by atoms with Crippen molar-refractivity contribution in [3.05, 3.63) is 59.9 Å². The summed E-state index contributed by atoms with van der Waals surface area (Å²) in [7, 11) is 5.25. The quantitative estimate of drug-likeness (QED) is 0.679. The van der Waals surface area contributed by atoms with Crippen LogP contribution in [0, 0.1) is 0 Å². The highest BCUT2D eigenvalue weighted by molar-refractivity contribution is 6.07. The van der Waals surface area contributed by atoms with Gasteiger partial charge in [-0.3, -0.25) is 14.4 Å². The van der Waals surface area contributed by atoms with Gasteiger partial charge >= 0.3 is 0 Å². The second-order valence-corrected chi connectivity index (χ2v) is 6.42. The molecule has 0 radical (unpaired) electrons. The van der Waals surface area contributed by atoms with Crippen molar-refractivity contribution in [3.8, 4) is 0 Å². The van der Waals surface area contributed by atoms with Crippen molar-refractivity contribution in [2.24, 2.45) is 21.1 Å². The summed E-state index contributed by atoms with van der Waals surface area (Å²) in [5.41, 5.74) is 2.46. The van der Waals surface area contributed by atoms with Gasteiger partial charge in [0, 0.05) is 46.7 Å². The Bertz CT molecular complexity index is 1040. The van der Waals surface area contributed by atoms with Gasteiger partial charge in [-0.05, 0) is 24.3 Å². The first-order chi connectivity index (χ1) is 12.8. The molecule has 27 heavy (non-hydrogen) atoms. The van der Waals surface area contributed by atoms with Gasteiger partial charge in [0.05, 0.1) is 17.1 Å². The largest absolute Gasteiger partial charge is 0.347 e. The van der Waals surface area contributed by atoms with Crippen LogP contribution in [-0.2, 0) is 21.1 Å². The second kappa shape index (κ2) is 6.99. The van der Waals surface area contributed by atoms with Crippen molar-refractivity contribution in [2.75, 3.05) is 10.6 Å². The lowest BCUT2D eigenvalue weighted by Gasteiger charge is -2.03. The minimum Gasteiger partial charge on any atom is -0.347 e. The molecule has 3 rings (SSSR count). The molecule has 8 heteroatoms. The number of carbonyl (C=O) groups is 3. The van der Waals surface area contributed by atoms with Gasteiger partial charge in [-0.1, -0.05) is 0 Å². The fraction of sp³-hybridized carbons (Fsp3) is 0.211. The standard InChI is InChI=1S/C19H21N5O3/c1-12(25)16-8-13(10-23(16)3)21-19(27)17-9-14(11-24(17)4)20-18(26)15-6-5-7-22(15)2/h5-11H,1-4H3,(H,20,26)(H,21,27). The van der Waals surface area contributed by atoms with E-state index in [0.29, 0.717) is 28.5 Å². The van der Waals surface area contributed by atoms with Crippen molar-refractivity contribution in [2.45, 2.75) is 6.92 Å². The van der Waals surface area contributed by atoms with Crippen LogP contribution in [0.1, 0.15) is 38.4 Å². The van der Waals surface area contributed by atoms with Gasteiger partial charge in [-0.15, -0.1) is 0 Å². The molecule has 0 unspecified atom stereocenters. The molecular formula is C19H21N5O3. The highest BCUT2D eigenvalue weighted by Crippen LogP contribution is 2.18. The van der Waals surface area contributed by atoms with Crippen LogP contribution in [-0.4, -0.2) is 31.3 Å². The molecule has 0 aliphatic carbocycles. The van der Waals surface area contributed by atoms with Crippen molar-refractivity contribution >= 4 is 29.0 Å². The summed E-state index contributed by atoms with van der Waals surface area (Å²) in [4.78, 5) is 36.4. The Morgan fingerprint density at radius 2 is 1.30 bits per heavy atom. The summed E-state index contributed by atoms with van der Waals surface area (Å²) in [6.07, 6.45) is 5.13. The number of amides is 2. The number of nitrogens with one attached hydrogen (secondary N) is 2. The molecule has 2 N–H and O–H groups in total. The Labute approximate surface area is 156 Å². The third kappa shape index (κ3) is 3.69. The lowest BCUT2D eigenvalue weighted by Crippen LogP contribution is -2.15. The molecule has 8 nitrogen and oxygen atoms in total. The minimum atomic E-state index is -0.336. The van der Waals surface area contributed by atoms with E-state index >= 15 is 0 Å². The molecule has 0 bridgehead atoms. The van der Waals surface area contributed by atoms with E-state index in [0.717, 1.165) is 0 Å². The van der Waals surface area contributed by atoms with Crippen molar-refractivity contribution in [3.63, 3.8) is 0 Å². The van der Waals surface area contributed by atoms with Gasteiger partial charge in [0.1, 0.15) is 11.4 Å². The number of hydrogen-bond donors (Lipinski definition) is 2. The number of aromatic nitrogens is 3. The van der Waals surface area contributed by atoms with E-state index in [1.54, 1.807) is 77.7 Å². The molecular weight excluding hydrogens is 346 g/mol. The maximum Gasteiger partial charge on any atom is 0.272 e. The Hall–Kier alpha value is -3.55. The lowest BCUT2D eigenvalue weighted by atomic mass is 10.3. The van der Waals surface area contributed by atoms with Crippen molar-refractivity contribution < 1.29 is 14.4 Å². The molecule has 0 atom stereocenters. The van der Waals surface area contributed by atoms with Crippen molar-refractivity contribution in [1.82, 2.24) is 13.7 Å². The van der Waals surface area contributed by atoms with E-state index in [2.05, 4.69) is 10.6 Å². The van der Waals surface area contributed by atoms with Crippen LogP contribution < -0.4 is 10.6 Å². The average Bonchev–Trinajstić information content (AvgIpc) is 3.26. The predicted octanol–water partition coefficient (Wildman–Crippen LogP) is 2.41. The van der Waals surface area contributed by atoms with Crippen LogP contribution in [0.15, 0.2) is 42.9 Å². The van der Waals surface area contributed by atoms with E-state index in [9.17, 15) is 14.4 Å². The molecule has 3 aromatic rings. The number of anilines is 2. The van der Waals surface area contributed by atoms with Crippen LogP contribution in [0.5, 0.6) is 0 Å². The maximum atomic E-state index is 12.6. The van der Waals surface area contributed by atoms with Crippen LogP contribution in [0.25, 0.3) is 0 Å². The van der Waals surface area contributed by atoms with Gasteiger partial charge in [0.15, 0.2) is 5.78 Å². The number of carbonyl (C=O) groups excluding carboxylic acids is 3. The van der Waals surface area contributed by atoms with Gasteiger partial charge < -0.3 is 24.3 Å². The topological polar surface area (TPSA) is 90.1 Å². The van der Waals surface area contributed by atoms with Crippen molar-refractivity contribution in [1.29, 1.82) is 0 Å². The first-order valence-electron chi connectivity index (χ1n) is 8.34. The average molecular weight is 367 g/mol. The molecule has 3 heterocycles. The van der Waals surface area contributed by atoms with E-state index < -0.39 is 0 Å². The monoisotopic (exact) mass is 367 g/mol. The van der Waals surface area contributed by atoms with Gasteiger partial charge in [0.2, 0.25) is 0 Å². The lowest BCUT2D eigenvalue weighted by molar-refractivity contribution is 0.0999. The zero-order valence-corrected chi connectivity index (χ0v) is 15.6. The zero-order chi connectivity index (χ0) is 19.7. The highest BCUT2D eigenvalue weighted by atomic mass is 16.2.